The van der Waals surface area contributed by atoms with Crippen LogP contribution < -0.4 is 0 Å². The number of carbonyl (C=O) groups excluding carboxylic acids is 3. The van der Waals surface area contributed by atoms with Gasteiger partial charge in [-0.3, -0.25) is 9.59 Å². The summed E-state index contributed by atoms with van der Waals surface area (Å²) in [6.07, 6.45) is 0. The zero-order chi connectivity index (χ0) is 23.7. The highest BCUT2D eigenvalue weighted by Gasteiger charge is 2.46. The van der Waals surface area contributed by atoms with Crippen LogP contribution in [0, 0.1) is 13.8 Å². The molecule has 1 fully saturated rings. The monoisotopic (exact) mass is 459 g/mol. The number of benzene rings is 1. The predicted molar refractivity (Wildman–Crippen MR) is 121 cm³/mol. The molecule has 2 aromatic rings. The summed E-state index contributed by atoms with van der Waals surface area (Å²) in [5.41, 5.74) is 1.94. The summed E-state index contributed by atoms with van der Waals surface area (Å²) in [6, 6.07) is 6.04. The summed E-state index contributed by atoms with van der Waals surface area (Å²) in [5.74, 6) is -2.42. The molecule has 170 valence electrons. The lowest BCUT2D eigenvalue weighted by atomic mass is 9.94. The summed E-state index contributed by atoms with van der Waals surface area (Å²) < 4.78 is 4.79. The van der Waals surface area contributed by atoms with Crippen LogP contribution in [0.4, 0.5) is 0 Å². The summed E-state index contributed by atoms with van der Waals surface area (Å²) in [6.45, 7) is 4.12. The average Bonchev–Trinajstić information content (AvgIpc) is 3.18. The largest absolute Gasteiger partial charge is 0.507 e. The van der Waals surface area contributed by atoms with Gasteiger partial charge in [0.2, 0.25) is 0 Å². The van der Waals surface area contributed by atoms with Gasteiger partial charge in [0.15, 0.2) is 0 Å². The molecular formula is C23H26ClN3O5. The van der Waals surface area contributed by atoms with E-state index in [1.165, 1.54) is 12.0 Å². The van der Waals surface area contributed by atoms with E-state index in [2.05, 4.69) is 4.98 Å². The third-order valence-electron chi connectivity index (χ3n) is 5.56. The molecule has 1 aromatic heterocycles. The second-order valence-electron chi connectivity index (χ2n) is 7.97. The van der Waals surface area contributed by atoms with Gasteiger partial charge in [-0.15, -0.1) is 0 Å². The molecule has 8 nitrogen and oxygen atoms in total. The second kappa shape index (κ2) is 9.18. The number of H-pyrrole nitrogens is 1. The predicted octanol–water partition coefficient (Wildman–Crippen LogP) is 3.05. The number of nitrogens with one attached hydrogen (secondary N) is 1. The Kier molecular flexibility index (Phi) is 6.76. The van der Waals surface area contributed by atoms with Crippen molar-refractivity contribution >= 4 is 35.0 Å². The van der Waals surface area contributed by atoms with Crippen molar-refractivity contribution in [2.24, 2.45) is 0 Å². The van der Waals surface area contributed by atoms with E-state index in [0.717, 1.165) is 0 Å². The lowest BCUT2D eigenvalue weighted by Gasteiger charge is -2.26. The van der Waals surface area contributed by atoms with Crippen molar-refractivity contribution in [3.63, 3.8) is 0 Å². The van der Waals surface area contributed by atoms with Crippen LogP contribution in [0.25, 0.3) is 5.76 Å². The Morgan fingerprint density at radius 1 is 1.28 bits per heavy atom. The zero-order valence-electron chi connectivity index (χ0n) is 18.7. The van der Waals surface area contributed by atoms with Gasteiger partial charge in [-0.1, -0.05) is 23.7 Å². The van der Waals surface area contributed by atoms with E-state index in [-0.39, 0.29) is 23.6 Å². The first-order chi connectivity index (χ1) is 15.1. The number of aryl methyl sites for hydroxylation is 1. The number of ether oxygens (including phenoxy) is 1. The number of aromatic amines is 1. The van der Waals surface area contributed by atoms with Crippen LogP contribution in [0.15, 0.2) is 29.8 Å². The van der Waals surface area contributed by atoms with Crippen molar-refractivity contribution in [1.82, 2.24) is 14.8 Å². The van der Waals surface area contributed by atoms with E-state index in [1.807, 2.05) is 19.0 Å². The van der Waals surface area contributed by atoms with Crippen molar-refractivity contribution < 1.29 is 24.2 Å². The van der Waals surface area contributed by atoms with Gasteiger partial charge < -0.3 is 24.6 Å². The number of likely N-dealkylation sites (N-methyl/N-ethyl adjacent to an activating group) is 1. The number of aliphatic hydroxyl groups excluding tert-OH is 1. The van der Waals surface area contributed by atoms with E-state index < -0.39 is 23.7 Å². The molecule has 1 amide bonds. The van der Waals surface area contributed by atoms with Crippen molar-refractivity contribution in [3.8, 4) is 0 Å². The molecule has 0 radical (unpaired) electrons. The number of halogens is 1. The second-order valence-corrected chi connectivity index (χ2v) is 8.40. The van der Waals surface area contributed by atoms with Crippen LogP contribution in [0.2, 0.25) is 5.02 Å². The van der Waals surface area contributed by atoms with Crippen LogP contribution in [-0.2, 0) is 14.3 Å². The fraction of sp³-hybridized carbons (Fsp3) is 0.348. The molecule has 0 spiro atoms. The highest BCUT2D eigenvalue weighted by molar-refractivity contribution is 6.46. The Morgan fingerprint density at radius 2 is 1.97 bits per heavy atom. The van der Waals surface area contributed by atoms with Crippen molar-refractivity contribution in [2.45, 2.75) is 19.9 Å². The average molecular weight is 460 g/mol. The Balaban J connectivity index is 2.23. The number of aliphatic hydroxyl groups is 1. The number of hydrogen-bond acceptors (Lipinski definition) is 6. The smallest absolute Gasteiger partial charge is 0.354 e. The molecule has 2 heterocycles. The van der Waals surface area contributed by atoms with Crippen molar-refractivity contribution in [3.05, 3.63) is 62.9 Å². The number of aromatic nitrogens is 1. The SMILES string of the molecule is COC(=O)c1[nH]c(C)c(C(O)=C2C(=O)C(=O)N(CCN(C)C)[C@@H]2c2cccc(Cl)c2)c1C. The first-order valence-corrected chi connectivity index (χ1v) is 10.4. The number of rotatable bonds is 6. The molecule has 3 rings (SSSR count). The number of likely N-dealkylation sites (tertiary alicyclic amines) is 1. The van der Waals surface area contributed by atoms with Crippen molar-refractivity contribution in [1.29, 1.82) is 0 Å². The molecule has 0 bridgehead atoms. The van der Waals surface area contributed by atoms with Crippen LogP contribution in [0.3, 0.4) is 0 Å². The molecule has 1 aliphatic rings. The van der Waals surface area contributed by atoms with Crippen LogP contribution in [0.5, 0.6) is 0 Å². The quantitative estimate of drug-likeness (QED) is 0.298. The number of methoxy groups -OCH3 is 1. The minimum absolute atomic E-state index is 0.0439. The lowest BCUT2D eigenvalue weighted by molar-refractivity contribution is -0.140. The topological polar surface area (TPSA) is 103 Å². The fourth-order valence-electron chi connectivity index (χ4n) is 3.99. The zero-order valence-corrected chi connectivity index (χ0v) is 19.4. The lowest BCUT2D eigenvalue weighted by Crippen LogP contribution is -2.35. The Labute approximate surface area is 191 Å². The number of hydrogen-bond donors (Lipinski definition) is 2. The summed E-state index contributed by atoms with van der Waals surface area (Å²) in [4.78, 5) is 44.4. The number of ketones is 1. The molecule has 9 heteroatoms. The molecular weight excluding hydrogens is 434 g/mol. The Hall–Kier alpha value is -3.10. The molecule has 0 saturated carbocycles. The van der Waals surface area contributed by atoms with Crippen LogP contribution in [0.1, 0.15) is 38.9 Å². The van der Waals surface area contributed by atoms with Gasteiger partial charge in [-0.25, -0.2) is 4.79 Å². The third-order valence-corrected chi connectivity index (χ3v) is 5.79. The highest BCUT2D eigenvalue weighted by Crippen LogP contribution is 2.41. The molecule has 0 unspecified atom stereocenters. The van der Waals surface area contributed by atoms with E-state index in [0.29, 0.717) is 34.0 Å². The van der Waals surface area contributed by atoms with Gasteiger partial charge in [0, 0.05) is 29.4 Å². The molecule has 32 heavy (non-hydrogen) atoms. The van der Waals surface area contributed by atoms with Gasteiger partial charge in [0.1, 0.15) is 11.5 Å². The van der Waals surface area contributed by atoms with Crippen molar-refractivity contribution in [2.75, 3.05) is 34.3 Å². The molecule has 0 aliphatic carbocycles. The first kappa shape index (κ1) is 23.6. The van der Waals surface area contributed by atoms with E-state index in [1.54, 1.807) is 38.1 Å². The normalized spacial score (nSPS) is 18.0. The number of Topliss-reactive ketones (excluding diaryl/α,β-unsaturated/α-hetero) is 1. The highest BCUT2D eigenvalue weighted by atomic mass is 35.5. The maximum absolute atomic E-state index is 13.1. The van der Waals surface area contributed by atoms with Gasteiger partial charge >= 0.3 is 5.97 Å². The Bertz CT molecular complexity index is 1120. The van der Waals surface area contributed by atoms with E-state index >= 15 is 0 Å². The summed E-state index contributed by atoms with van der Waals surface area (Å²) >= 11 is 6.19. The van der Waals surface area contributed by atoms with Gasteiger partial charge in [0.05, 0.1) is 18.7 Å². The maximum atomic E-state index is 13.1. The number of carbonyl (C=O) groups is 3. The number of nitrogens with zero attached hydrogens (tertiary/aromatic N) is 2. The van der Waals surface area contributed by atoms with Crippen LogP contribution >= 0.6 is 11.6 Å². The van der Waals surface area contributed by atoms with Gasteiger partial charge in [-0.05, 0) is 51.2 Å². The fourth-order valence-corrected chi connectivity index (χ4v) is 4.19. The first-order valence-electron chi connectivity index (χ1n) is 10.0. The Morgan fingerprint density at radius 3 is 2.56 bits per heavy atom. The molecule has 1 aromatic carbocycles. The third kappa shape index (κ3) is 4.16. The van der Waals surface area contributed by atoms with Crippen LogP contribution in [-0.4, -0.2) is 71.8 Å². The maximum Gasteiger partial charge on any atom is 0.354 e. The number of amides is 1. The minimum Gasteiger partial charge on any atom is -0.507 e. The van der Waals surface area contributed by atoms with E-state index in [9.17, 15) is 19.5 Å². The standard InChI is InChI=1S/C23H26ClN3O5/c1-12-16(13(2)25-18(12)23(31)32-5)20(28)17-19(14-7-6-8-15(24)11-14)27(10-9-26(3)4)22(30)21(17)29/h6-8,11,19,25,28H,9-10H2,1-5H3/t19-/m1/s1. The molecule has 1 atom stereocenters. The van der Waals surface area contributed by atoms with Gasteiger partial charge in [0.25, 0.3) is 11.7 Å². The molecule has 2 N–H and O–H groups in total. The molecule has 1 saturated heterocycles. The summed E-state index contributed by atoms with van der Waals surface area (Å²) in [5, 5.41) is 11.7. The van der Waals surface area contributed by atoms with Gasteiger partial charge in [-0.2, -0.15) is 0 Å². The summed E-state index contributed by atoms with van der Waals surface area (Å²) in [7, 11) is 4.99. The molecule has 1 aliphatic heterocycles. The number of esters is 1. The minimum atomic E-state index is -0.816. The van der Waals surface area contributed by atoms with E-state index in [4.69, 9.17) is 16.3 Å².